The van der Waals surface area contributed by atoms with Gasteiger partial charge in [-0.1, -0.05) is 0 Å². The smallest absolute Gasteiger partial charge is 0.215 e. The zero-order chi connectivity index (χ0) is 12.7. The lowest BCUT2D eigenvalue weighted by Gasteiger charge is -2.04. The molecular weight excluding hydrogens is 252 g/mol. The normalized spacial score (nSPS) is 15.3. The number of tetrazole rings is 1. The first-order valence-corrected chi connectivity index (χ1v) is 6.61. The summed E-state index contributed by atoms with van der Waals surface area (Å²) in [4.78, 5) is 0. The van der Waals surface area contributed by atoms with Crippen LogP contribution < -0.4 is 0 Å². The van der Waals surface area contributed by atoms with Gasteiger partial charge in [0.2, 0.25) is 5.16 Å². The van der Waals surface area contributed by atoms with Crippen molar-refractivity contribution < 1.29 is 5.11 Å². The molecule has 18 heavy (non-hydrogen) atoms. The molecule has 2 aromatic heterocycles. The topological polar surface area (TPSA) is 81.7 Å². The fourth-order valence-corrected chi connectivity index (χ4v) is 2.92. The zero-order valence-electron chi connectivity index (χ0n) is 10.2. The number of aliphatic hydroxyl groups is 1. The standard InChI is InChI=1S/C10H14N6OS/c1-6-8(5-17)9(15(2)12-6)18-10-11-13-14-16(10)7-3-4-7/h7,17H,3-5H2,1-2H3. The average molecular weight is 266 g/mol. The first-order chi connectivity index (χ1) is 8.70. The molecule has 0 amide bonds. The number of nitrogens with zero attached hydrogens (tertiary/aromatic N) is 6. The summed E-state index contributed by atoms with van der Waals surface area (Å²) < 4.78 is 3.62. The van der Waals surface area contributed by atoms with Gasteiger partial charge < -0.3 is 5.11 Å². The third kappa shape index (κ3) is 1.91. The van der Waals surface area contributed by atoms with Crippen molar-refractivity contribution in [1.29, 1.82) is 0 Å². The van der Waals surface area contributed by atoms with Crippen LogP contribution in [0.2, 0.25) is 0 Å². The Bertz CT molecular complexity index is 573. The zero-order valence-corrected chi connectivity index (χ0v) is 11.1. The van der Waals surface area contributed by atoms with E-state index in [1.54, 1.807) is 4.68 Å². The SMILES string of the molecule is Cc1nn(C)c(Sc2nnnn2C2CC2)c1CO. The maximum atomic E-state index is 9.41. The van der Waals surface area contributed by atoms with Crippen LogP contribution in [-0.4, -0.2) is 35.1 Å². The maximum absolute atomic E-state index is 9.41. The molecule has 0 saturated heterocycles. The highest BCUT2D eigenvalue weighted by Crippen LogP contribution is 2.38. The van der Waals surface area contributed by atoms with E-state index in [1.165, 1.54) is 11.8 Å². The minimum atomic E-state index is -0.0208. The molecule has 0 aliphatic heterocycles. The van der Waals surface area contributed by atoms with Gasteiger partial charge in [-0.3, -0.25) is 4.68 Å². The third-order valence-corrected chi connectivity index (χ3v) is 4.15. The first kappa shape index (κ1) is 11.7. The summed E-state index contributed by atoms with van der Waals surface area (Å²) in [6.45, 7) is 1.87. The van der Waals surface area contributed by atoms with Gasteiger partial charge in [0.15, 0.2) is 0 Å². The van der Waals surface area contributed by atoms with E-state index in [2.05, 4.69) is 20.6 Å². The second-order valence-corrected chi connectivity index (χ2v) is 5.35. The van der Waals surface area contributed by atoms with Crippen molar-refractivity contribution in [3.63, 3.8) is 0 Å². The van der Waals surface area contributed by atoms with Gasteiger partial charge >= 0.3 is 0 Å². The molecule has 0 unspecified atom stereocenters. The van der Waals surface area contributed by atoms with Crippen LogP contribution in [0.15, 0.2) is 10.2 Å². The molecule has 3 rings (SSSR count). The van der Waals surface area contributed by atoms with Crippen LogP contribution in [0.25, 0.3) is 0 Å². The summed E-state index contributed by atoms with van der Waals surface area (Å²) in [5, 5.41) is 27.1. The lowest BCUT2D eigenvalue weighted by atomic mass is 10.3. The number of aryl methyl sites for hydroxylation is 2. The largest absolute Gasteiger partial charge is 0.392 e. The van der Waals surface area contributed by atoms with Crippen LogP contribution in [0.5, 0.6) is 0 Å². The summed E-state index contributed by atoms with van der Waals surface area (Å²) in [5.41, 5.74) is 1.68. The Balaban J connectivity index is 1.94. The van der Waals surface area contributed by atoms with Crippen molar-refractivity contribution in [2.45, 2.75) is 42.6 Å². The molecule has 2 heterocycles. The Hall–Kier alpha value is -1.41. The van der Waals surface area contributed by atoms with E-state index in [0.29, 0.717) is 6.04 Å². The van der Waals surface area contributed by atoms with Crippen molar-refractivity contribution in [2.75, 3.05) is 0 Å². The van der Waals surface area contributed by atoms with Gasteiger partial charge in [-0.15, -0.1) is 5.10 Å². The van der Waals surface area contributed by atoms with Crippen LogP contribution in [-0.2, 0) is 13.7 Å². The lowest BCUT2D eigenvalue weighted by molar-refractivity contribution is 0.277. The van der Waals surface area contributed by atoms with Crippen LogP contribution in [0, 0.1) is 6.92 Å². The molecular formula is C10H14N6OS. The molecule has 0 atom stereocenters. The van der Waals surface area contributed by atoms with Gasteiger partial charge in [0.1, 0.15) is 5.03 Å². The number of hydrogen-bond acceptors (Lipinski definition) is 6. The summed E-state index contributed by atoms with van der Waals surface area (Å²) >= 11 is 1.46. The minimum Gasteiger partial charge on any atom is -0.392 e. The van der Waals surface area contributed by atoms with E-state index in [4.69, 9.17) is 0 Å². The molecule has 1 fully saturated rings. The molecule has 1 aliphatic carbocycles. The van der Waals surface area contributed by atoms with E-state index in [0.717, 1.165) is 34.3 Å². The average Bonchev–Trinajstić information content (AvgIpc) is 3.02. The van der Waals surface area contributed by atoms with Crippen LogP contribution in [0.1, 0.15) is 30.1 Å². The van der Waals surface area contributed by atoms with Gasteiger partial charge in [-0.25, -0.2) is 4.68 Å². The van der Waals surface area contributed by atoms with Gasteiger partial charge in [-0.2, -0.15) is 5.10 Å². The quantitative estimate of drug-likeness (QED) is 0.877. The van der Waals surface area contributed by atoms with E-state index in [1.807, 2.05) is 18.7 Å². The Morgan fingerprint density at radius 2 is 2.22 bits per heavy atom. The lowest BCUT2D eigenvalue weighted by Crippen LogP contribution is -2.01. The minimum absolute atomic E-state index is 0.0208. The fraction of sp³-hybridized carbons (Fsp3) is 0.600. The molecule has 0 spiro atoms. The second-order valence-electron chi connectivity index (χ2n) is 4.39. The van der Waals surface area contributed by atoms with E-state index < -0.39 is 0 Å². The summed E-state index contributed by atoms with van der Waals surface area (Å²) in [6.07, 6.45) is 2.27. The van der Waals surface area contributed by atoms with E-state index in [9.17, 15) is 5.11 Å². The predicted octanol–water partition coefficient (Wildman–Crippen LogP) is 0.693. The summed E-state index contributed by atoms with van der Waals surface area (Å²) in [7, 11) is 1.86. The molecule has 1 N–H and O–H groups in total. The molecule has 8 heteroatoms. The summed E-state index contributed by atoms with van der Waals surface area (Å²) in [6, 6.07) is 0.439. The first-order valence-electron chi connectivity index (χ1n) is 5.79. The Morgan fingerprint density at radius 1 is 1.44 bits per heavy atom. The number of hydrogen-bond donors (Lipinski definition) is 1. The fourth-order valence-electron chi connectivity index (χ4n) is 1.88. The highest BCUT2D eigenvalue weighted by atomic mass is 32.2. The second kappa shape index (κ2) is 4.36. The van der Waals surface area contributed by atoms with Crippen molar-refractivity contribution in [2.24, 2.45) is 7.05 Å². The van der Waals surface area contributed by atoms with Crippen LogP contribution in [0.3, 0.4) is 0 Å². The van der Waals surface area contributed by atoms with Gasteiger partial charge in [0, 0.05) is 12.6 Å². The van der Waals surface area contributed by atoms with Crippen molar-refractivity contribution in [3.8, 4) is 0 Å². The highest BCUT2D eigenvalue weighted by Gasteiger charge is 2.29. The molecule has 2 aromatic rings. The highest BCUT2D eigenvalue weighted by molar-refractivity contribution is 7.99. The van der Waals surface area contributed by atoms with E-state index >= 15 is 0 Å². The Labute approximate surface area is 108 Å². The van der Waals surface area contributed by atoms with Crippen molar-refractivity contribution in [3.05, 3.63) is 11.3 Å². The summed E-state index contributed by atoms with van der Waals surface area (Å²) in [5.74, 6) is 0. The maximum Gasteiger partial charge on any atom is 0.215 e. The van der Waals surface area contributed by atoms with Gasteiger partial charge in [0.25, 0.3) is 0 Å². The molecule has 96 valence electrons. The van der Waals surface area contributed by atoms with Gasteiger partial charge in [-0.05, 0) is 42.0 Å². The third-order valence-electron chi connectivity index (χ3n) is 2.99. The van der Waals surface area contributed by atoms with Crippen LogP contribution >= 0.6 is 11.8 Å². The molecule has 0 aromatic carbocycles. The monoisotopic (exact) mass is 266 g/mol. The molecule has 0 bridgehead atoms. The van der Waals surface area contributed by atoms with Crippen molar-refractivity contribution >= 4 is 11.8 Å². The molecule has 0 radical (unpaired) electrons. The Morgan fingerprint density at radius 3 is 2.89 bits per heavy atom. The number of rotatable bonds is 4. The molecule has 7 nitrogen and oxygen atoms in total. The predicted molar refractivity (Wildman–Crippen MR) is 64.1 cm³/mol. The van der Waals surface area contributed by atoms with Crippen molar-refractivity contribution in [1.82, 2.24) is 30.0 Å². The molecule has 1 aliphatic rings. The van der Waals surface area contributed by atoms with E-state index in [-0.39, 0.29) is 6.61 Å². The number of aliphatic hydroxyl groups excluding tert-OH is 1. The van der Waals surface area contributed by atoms with Gasteiger partial charge in [0.05, 0.1) is 18.3 Å². The number of aromatic nitrogens is 6. The molecule has 1 saturated carbocycles. The Kier molecular flexibility index (Phi) is 2.83. The van der Waals surface area contributed by atoms with Crippen LogP contribution in [0.4, 0.5) is 0 Å².